The van der Waals surface area contributed by atoms with Crippen LogP contribution in [0.1, 0.15) is 0 Å². The molecule has 0 N–H and O–H groups in total. The quantitative estimate of drug-likeness (QED) is 0.673. The maximum atomic E-state index is 5.69. The first kappa shape index (κ1) is 12.8. The van der Waals surface area contributed by atoms with Crippen LogP contribution >= 0.6 is 47.0 Å². The number of hydrogen-bond donors (Lipinski definition) is 0. The van der Waals surface area contributed by atoms with E-state index in [0.29, 0.717) is 0 Å². The van der Waals surface area contributed by atoms with E-state index in [1.165, 1.54) is 34.5 Å². The van der Waals surface area contributed by atoms with Crippen molar-refractivity contribution in [1.82, 2.24) is 0 Å². The van der Waals surface area contributed by atoms with Crippen molar-refractivity contribution in [3.63, 3.8) is 0 Å². The van der Waals surface area contributed by atoms with Crippen LogP contribution in [0.4, 0.5) is 0 Å². The first-order valence-electron chi connectivity index (χ1n) is 5.41. The van der Waals surface area contributed by atoms with E-state index in [1.807, 2.05) is 0 Å². The number of thioether (sulfide) groups is 4. The predicted octanol–water partition coefficient (Wildman–Crippen LogP) is 2.70. The summed E-state index contributed by atoms with van der Waals surface area (Å²) >= 11 is 8.50. The molecule has 2 atom stereocenters. The molecule has 2 aliphatic rings. The molecule has 2 aliphatic heterocycles. The van der Waals surface area contributed by atoms with Crippen LogP contribution in [0.2, 0.25) is 0 Å². The van der Waals surface area contributed by atoms with Gasteiger partial charge in [0, 0.05) is 45.0 Å². The van der Waals surface area contributed by atoms with Crippen LogP contribution in [-0.2, 0) is 4.74 Å². The van der Waals surface area contributed by atoms with Crippen molar-refractivity contribution in [2.75, 3.05) is 47.7 Å². The van der Waals surface area contributed by atoms with Crippen LogP contribution in [0.15, 0.2) is 0 Å². The SMILES string of the molecule is C1CSC[C@H]2COC[C@@H](CSCCS1)S2. The molecular weight excluding hydrogens is 264 g/mol. The molecule has 0 saturated carbocycles. The van der Waals surface area contributed by atoms with Crippen molar-refractivity contribution < 1.29 is 4.74 Å². The molecule has 0 radical (unpaired) electrons. The molecule has 15 heavy (non-hydrogen) atoms. The number of rotatable bonds is 0. The molecule has 2 fully saturated rings. The molecule has 0 amide bonds. The van der Waals surface area contributed by atoms with Gasteiger partial charge in [0.25, 0.3) is 0 Å². The number of fused-ring (bicyclic) bond motifs is 2. The minimum Gasteiger partial charge on any atom is -0.379 e. The van der Waals surface area contributed by atoms with Crippen LogP contribution in [0.25, 0.3) is 0 Å². The number of hydrogen-bond acceptors (Lipinski definition) is 5. The van der Waals surface area contributed by atoms with Gasteiger partial charge in [-0.2, -0.15) is 35.3 Å². The second kappa shape index (κ2) is 7.64. The second-order valence-electron chi connectivity index (χ2n) is 3.68. The minimum atomic E-state index is 0.749. The monoisotopic (exact) mass is 282 g/mol. The molecule has 1 nitrogen and oxygen atoms in total. The lowest BCUT2D eigenvalue weighted by molar-refractivity contribution is 0.134. The lowest BCUT2D eigenvalue weighted by atomic mass is 10.4. The van der Waals surface area contributed by atoms with Crippen molar-refractivity contribution in [2.24, 2.45) is 0 Å². The highest BCUT2D eigenvalue weighted by atomic mass is 32.2. The van der Waals surface area contributed by atoms with Crippen LogP contribution in [-0.4, -0.2) is 58.2 Å². The van der Waals surface area contributed by atoms with Gasteiger partial charge in [0.15, 0.2) is 0 Å². The third-order valence-corrected chi connectivity index (χ3v) is 7.91. The average Bonchev–Trinajstić information content (AvgIpc) is 2.26. The second-order valence-corrected chi connectivity index (χ2v) is 8.81. The van der Waals surface area contributed by atoms with Crippen LogP contribution in [0.3, 0.4) is 0 Å². The molecule has 2 rings (SSSR count). The highest BCUT2D eigenvalue weighted by Gasteiger charge is 2.23. The zero-order valence-electron chi connectivity index (χ0n) is 8.85. The van der Waals surface area contributed by atoms with Gasteiger partial charge in [-0.1, -0.05) is 0 Å². The Morgan fingerprint density at radius 1 is 0.733 bits per heavy atom. The topological polar surface area (TPSA) is 9.23 Å². The molecular formula is C10H18OS4. The van der Waals surface area contributed by atoms with Gasteiger partial charge >= 0.3 is 0 Å². The van der Waals surface area contributed by atoms with Gasteiger partial charge in [-0.3, -0.25) is 0 Å². The van der Waals surface area contributed by atoms with Gasteiger partial charge < -0.3 is 4.74 Å². The summed E-state index contributed by atoms with van der Waals surface area (Å²) in [5, 5.41) is 1.50. The fourth-order valence-electron chi connectivity index (χ4n) is 1.62. The van der Waals surface area contributed by atoms with Gasteiger partial charge in [-0.05, 0) is 0 Å². The Morgan fingerprint density at radius 3 is 1.87 bits per heavy atom. The molecule has 2 heterocycles. The smallest absolute Gasteiger partial charge is 0.0593 e. The van der Waals surface area contributed by atoms with Gasteiger partial charge in [-0.15, -0.1) is 11.8 Å². The van der Waals surface area contributed by atoms with E-state index in [-0.39, 0.29) is 0 Å². The summed E-state index contributed by atoms with van der Waals surface area (Å²) in [7, 11) is 0. The summed E-state index contributed by atoms with van der Waals surface area (Å²) in [6.07, 6.45) is 0. The van der Waals surface area contributed by atoms with Gasteiger partial charge in [0.2, 0.25) is 0 Å². The van der Waals surface area contributed by atoms with E-state index in [2.05, 4.69) is 47.0 Å². The zero-order valence-corrected chi connectivity index (χ0v) is 12.1. The summed E-state index contributed by atoms with van der Waals surface area (Å²) in [5.41, 5.74) is 0. The Bertz CT molecular complexity index is 163. The highest BCUT2D eigenvalue weighted by Crippen LogP contribution is 2.29. The molecule has 2 bridgehead atoms. The molecule has 0 aromatic rings. The standard InChI is InChI=1S/C10H18OS4/c1-3-13-7-9-5-11-6-10(15-9)8-14-4-2-12-1/h9-10H,1-8H2/t9-,10+. The van der Waals surface area contributed by atoms with Crippen molar-refractivity contribution >= 4 is 47.0 Å². The fourth-order valence-corrected chi connectivity index (χ4v) is 6.86. The molecule has 0 aromatic carbocycles. The zero-order chi connectivity index (χ0) is 10.3. The van der Waals surface area contributed by atoms with Crippen molar-refractivity contribution in [1.29, 1.82) is 0 Å². The Labute approximate surface area is 110 Å². The first-order valence-corrected chi connectivity index (χ1v) is 9.82. The van der Waals surface area contributed by atoms with E-state index >= 15 is 0 Å². The van der Waals surface area contributed by atoms with Gasteiger partial charge in [0.1, 0.15) is 0 Å². The molecule has 0 unspecified atom stereocenters. The molecule has 5 heteroatoms. The summed E-state index contributed by atoms with van der Waals surface area (Å²) < 4.78 is 5.69. The average molecular weight is 283 g/mol. The lowest BCUT2D eigenvalue weighted by Gasteiger charge is -2.29. The van der Waals surface area contributed by atoms with Crippen LogP contribution < -0.4 is 0 Å². The third kappa shape index (κ3) is 5.02. The van der Waals surface area contributed by atoms with Gasteiger partial charge in [0.05, 0.1) is 13.2 Å². The van der Waals surface area contributed by atoms with Gasteiger partial charge in [-0.25, -0.2) is 0 Å². The lowest BCUT2D eigenvalue weighted by Crippen LogP contribution is -2.31. The van der Waals surface area contributed by atoms with Crippen molar-refractivity contribution in [2.45, 2.75) is 10.5 Å². The minimum absolute atomic E-state index is 0.749. The Morgan fingerprint density at radius 2 is 1.27 bits per heavy atom. The summed E-state index contributed by atoms with van der Waals surface area (Å²) in [6, 6.07) is 0. The van der Waals surface area contributed by atoms with E-state index in [0.717, 1.165) is 23.7 Å². The van der Waals surface area contributed by atoms with Crippen molar-refractivity contribution in [3.05, 3.63) is 0 Å². The number of ether oxygens (including phenoxy) is 1. The first-order chi connectivity index (χ1) is 7.45. The van der Waals surface area contributed by atoms with E-state index in [4.69, 9.17) is 4.74 Å². The van der Waals surface area contributed by atoms with E-state index in [1.54, 1.807) is 0 Å². The molecule has 0 aromatic heterocycles. The normalized spacial score (nSPS) is 35.2. The summed E-state index contributed by atoms with van der Waals surface area (Å²) in [4.78, 5) is 0. The maximum absolute atomic E-state index is 5.69. The maximum Gasteiger partial charge on any atom is 0.0593 e. The Balaban J connectivity index is 1.78. The summed E-state index contributed by atoms with van der Waals surface area (Å²) in [5.74, 6) is 7.85. The Kier molecular flexibility index (Phi) is 6.52. The molecule has 0 aliphatic carbocycles. The highest BCUT2D eigenvalue weighted by molar-refractivity contribution is 8.07. The fraction of sp³-hybridized carbons (Fsp3) is 1.00. The van der Waals surface area contributed by atoms with Crippen molar-refractivity contribution in [3.8, 4) is 0 Å². The summed E-state index contributed by atoms with van der Waals surface area (Å²) in [6.45, 7) is 1.96. The largest absolute Gasteiger partial charge is 0.379 e. The third-order valence-electron chi connectivity index (χ3n) is 2.34. The van der Waals surface area contributed by atoms with Crippen LogP contribution in [0, 0.1) is 0 Å². The predicted molar refractivity (Wildman–Crippen MR) is 78.0 cm³/mol. The molecule has 2 saturated heterocycles. The Hall–Kier alpha value is 1.36. The van der Waals surface area contributed by atoms with E-state index in [9.17, 15) is 0 Å². The van der Waals surface area contributed by atoms with E-state index < -0.39 is 0 Å². The van der Waals surface area contributed by atoms with Crippen LogP contribution in [0.5, 0.6) is 0 Å². The molecule has 88 valence electrons. The molecule has 0 spiro atoms.